The van der Waals surface area contributed by atoms with Crippen molar-refractivity contribution >= 4 is 29.3 Å². The van der Waals surface area contributed by atoms with Crippen LogP contribution in [0.4, 0.5) is 5.82 Å². The molecule has 0 bridgehead atoms. The van der Waals surface area contributed by atoms with Gasteiger partial charge in [0, 0.05) is 12.4 Å². The van der Waals surface area contributed by atoms with Gasteiger partial charge in [-0.2, -0.15) is 10.2 Å². The standard InChI is InChI=1S/C17H16ClN5O3/c1-11-2-4-12(5-3-11)8-23-9-13(18)16(21-23)19-15(24)10-22-7-6-14(20-22)17(25)26/h2-7,9H,8,10H2,1H3,(H,25,26)(H,19,21,24). The van der Waals surface area contributed by atoms with Gasteiger partial charge in [0.1, 0.15) is 11.6 Å². The van der Waals surface area contributed by atoms with Crippen LogP contribution in [0.5, 0.6) is 0 Å². The van der Waals surface area contributed by atoms with Gasteiger partial charge in [0.25, 0.3) is 0 Å². The quantitative estimate of drug-likeness (QED) is 0.690. The third-order valence-corrected chi connectivity index (χ3v) is 3.88. The van der Waals surface area contributed by atoms with Gasteiger partial charge in [0.15, 0.2) is 11.5 Å². The number of carboxylic acids is 1. The first kappa shape index (κ1) is 17.7. The Hall–Kier alpha value is -3.13. The average molecular weight is 374 g/mol. The molecule has 1 aromatic carbocycles. The smallest absolute Gasteiger partial charge is 0.356 e. The van der Waals surface area contributed by atoms with Crippen LogP contribution in [0.1, 0.15) is 21.6 Å². The third-order valence-electron chi connectivity index (χ3n) is 3.61. The molecule has 1 amide bonds. The normalized spacial score (nSPS) is 10.7. The zero-order valence-electron chi connectivity index (χ0n) is 13.9. The highest BCUT2D eigenvalue weighted by Gasteiger charge is 2.13. The van der Waals surface area contributed by atoms with E-state index in [4.69, 9.17) is 16.7 Å². The van der Waals surface area contributed by atoms with Crippen molar-refractivity contribution in [1.29, 1.82) is 0 Å². The molecule has 26 heavy (non-hydrogen) atoms. The molecule has 134 valence electrons. The van der Waals surface area contributed by atoms with Crippen molar-refractivity contribution in [1.82, 2.24) is 19.6 Å². The highest BCUT2D eigenvalue weighted by molar-refractivity contribution is 6.33. The van der Waals surface area contributed by atoms with Crippen molar-refractivity contribution in [3.63, 3.8) is 0 Å². The van der Waals surface area contributed by atoms with Gasteiger partial charge in [-0.15, -0.1) is 0 Å². The Labute approximate surface area is 154 Å². The number of halogens is 1. The SMILES string of the molecule is Cc1ccc(Cn2cc(Cl)c(NC(=O)Cn3ccc(C(=O)O)n3)n2)cc1. The van der Waals surface area contributed by atoms with Crippen LogP contribution < -0.4 is 5.32 Å². The number of amides is 1. The van der Waals surface area contributed by atoms with Crippen LogP contribution in [0.2, 0.25) is 5.02 Å². The number of nitrogens with one attached hydrogen (secondary N) is 1. The molecule has 0 radical (unpaired) electrons. The van der Waals surface area contributed by atoms with Gasteiger partial charge in [0.2, 0.25) is 5.91 Å². The first-order valence-corrected chi connectivity index (χ1v) is 8.13. The maximum Gasteiger partial charge on any atom is 0.356 e. The number of hydrogen-bond donors (Lipinski definition) is 2. The Balaban J connectivity index is 1.63. The van der Waals surface area contributed by atoms with Gasteiger partial charge in [-0.1, -0.05) is 41.4 Å². The second-order valence-corrected chi connectivity index (χ2v) is 6.17. The maximum absolute atomic E-state index is 12.1. The lowest BCUT2D eigenvalue weighted by Crippen LogP contribution is -2.20. The summed E-state index contributed by atoms with van der Waals surface area (Å²) in [6.45, 7) is 2.40. The van der Waals surface area contributed by atoms with E-state index in [0.717, 1.165) is 5.56 Å². The van der Waals surface area contributed by atoms with Crippen LogP contribution in [0.25, 0.3) is 0 Å². The summed E-state index contributed by atoms with van der Waals surface area (Å²) in [6.07, 6.45) is 3.05. The molecule has 3 aromatic rings. The lowest BCUT2D eigenvalue weighted by Gasteiger charge is -2.04. The van der Waals surface area contributed by atoms with Crippen LogP contribution >= 0.6 is 11.6 Å². The summed E-state index contributed by atoms with van der Waals surface area (Å²) < 4.78 is 2.87. The van der Waals surface area contributed by atoms with Crippen molar-refractivity contribution < 1.29 is 14.7 Å². The van der Waals surface area contributed by atoms with Gasteiger partial charge in [-0.3, -0.25) is 14.2 Å². The highest BCUT2D eigenvalue weighted by Crippen LogP contribution is 2.20. The summed E-state index contributed by atoms with van der Waals surface area (Å²) in [5.41, 5.74) is 2.11. The Kier molecular flexibility index (Phi) is 5.04. The van der Waals surface area contributed by atoms with Crippen LogP contribution in [-0.2, 0) is 17.9 Å². The van der Waals surface area contributed by atoms with E-state index in [2.05, 4.69) is 15.5 Å². The molecule has 0 aliphatic carbocycles. The maximum atomic E-state index is 12.1. The van der Waals surface area contributed by atoms with Gasteiger partial charge in [-0.05, 0) is 18.6 Å². The van der Waals surface area contributed by atoms with Gasteiger partial charge < -0.3 is 10.4 Å². The molecule has 9 heteroatoms. The summed E-state index contributed by atoms with van der Waals surface area (Å²) in [7, 11) is 0. The summed E-state index contributed by atoms with van der Waals surface area (Å²) in [5.74, 6) is -1.32. The summed E-state index contributed by atoms with van der Waals surface area (Å²) in [6, 6.07) is 9.35. The summed E-state index contributed by atoms with van der Waals surface area (Å²) >= 11 is 6.13. The predicted octanol–water partition coefficient (Wildman–Crippen LogP) is 2.43. The Morgan fingerprint density at radius 1 is 1.15 bits per heavy atom. The molecule has 0 saturated carbocycles. The molecular weight excluding hydrogens is 358 g/mol. The predicted molar refractivity (Wildman–Crippen MR) is 95.3 cm³/mol. The number of nitrogens with zero attached hydrogens (tertiary/aromatic N) is 4. The molecular formula is C17H16ClN5O3. The zero-order chi connectivity index (χ0) is 18.7. The van der Waals surface area contributed by atoms with E-state index < -0.39 is 11.9 Å². The van der Waals surface area contributed by atoms with Gasteiger partial charge in [-0.25, -0.2) is 4.79 Å². The van der Waals surface area contributed by atoms with E-state index >= 15 is 0 Å². The molecule has 2 N–H and O–H groups in total. The Morgan fingerprint density at radius 3 is 2.54 bits per heavy atom. The minimum absolute atomic E-state index is 0.127. The number of anilines is 1. The molecule has 0 aliphatic heterocycles. The Bertz CT molecular complexity index is 946. The zero-order valence-corrected chi connectivity index (χ0v) is 14.6. The number of hydrogen-bond acceptors (Lipinski definition) is 4. The van der Waals surface area contributed by atoms with E-state index in [9.17, 15) is 9.59 Å². The second kappa shape index (κ2) is 7.40. The molecule has 3 rings (SSSR count). The number of aromatic carboxylic acids is 1. The molecule has 8 nitrogen and oxygen atoms in total. The van der Waals surface area contributed by atoms with E-state index in [1.165, 1.54) is 22.5 Å². The first-order valence-electron chi connectivity index (χ1n) is 7.76. The number of carbonyl (C=O) groups is 2. The summed E-state index contributed by atoms with van der Waals surface area (Å²) in [5, 5.41) is 19.8. The van der Waals surface area contributed by atoms with Crippen molar-refractivity contribution in [3.05, 3.63) is 64.6 Å². The fourth-order valence-electron chi connectivity index (χ4n) is 2.33. The number of carboxylic acid groups (broad SMARTS) is 1. The topological polar surface area (TPSA) is 102 Å². The van der Waals surface area contributed by atoms with Crippen molar-refractivity contribution in [2.75, 3.05) is 5.32 Å². The van der Waals surface area contributed by atoms with Crippen LogP contribution in [0, 0.1) is 6.92 Å². The van der Waals surface area contributed by atoms with E-state index in [-0.39, 0.29) is 18.1 Å². The second-order valence-electron chi connectivity index (χ2n) is 5.76. The molecule has 0 aliphatic rings. The largest absolute Gasteiger partial charge is 0.476 e. The number of aryl methyl sites for hydroxylation is 1. The molecule has 2 aromatic heterocycles. The fraction of sp³-hybridized carbons (Fsp3) is 0.176. The number of carbonyl (C=O) groups excluding carboxylic acids is 1. The van der Waals surface area contributed by atoms with E-state index in [1.807, 2.05) is 31.2 Å². The average Bonchev–Trinajstić information content (AvgIpc) is 3.17. The van der Waals surface area contributed by atoms with Gasteiger partial charge >= 0.3 is 5.97 Å². The Morgan fingerprint density at radius 2 is 1.88 bits per heavy atom. The van der Waals surface area contributed by atoms with E-state index in [0.29, 0.717) is 11.6 Å². The van der Waals surface area contributed by atoms with Crippen molar-refractivity contribution in [2.24, 2.45) is 0 Å². The minimum atomic E-state index is -1.15. The molecule has 0 spiro atoms. The monoisotopic (exact) mass is 373 g/mol. The molecule has 0 atom stereocenters. The van der Waals surface area contributed by atoms with Crippen LogP contribution in [-0.4, -0.2) is 36.5 Å². The molecule has 0 unspecified atom stereocenters. The molecule has 0 saturated heterocycles. The first-order chi connectivity index (χ1) is 12.4. The lowest BCUT2D eigenvalue weighted by atomic mass is 10.1. The van der Waals surface area contributed by atoms with Crippen LogP contribution in [0.15, 0.2) is 42.7 Å². The highest BCUT2D eigenvalue weighted by atomic mass is 35.5. The lowest BCUT2D eigenvalue weighted by molar-refractivity contribution is -0.116. The van der Waals surface area contributed by atoms with Crippen molar-refractivity contribution in [3.8, 4) is 0 Å². The summed E-state index contributed by atoms with van der Waals surface area (Å²) in [4.78, 5) is 22.9. The third kappa shape index (κ3) is 4.28. The number of aromatic nitrogens is 4. The van der Waals surface area contributed by atoms with E-state index in [1.54, 1.807) is 10.9 Å². The van der Waals surface area contributed by atoms with Gasteiger partial charge in [0.05, 0.1) is 6.54 Å². The molecule has 0 fully saturated rings. The number of rotatable bonds is 6. The minimum Gasteiger partial charge on any atom is -0.476 e. The fourth-order valence-corrected chi connectivity index (χ4v) is 2.52. The van der Waals surface area contributed by atoms with Crippen molar-refractivity contribution in [2.45, 2.75) is 20.0 Å². The molecule has 2 heterocycles. The van der Waals surface area contributed by atoms with Crippen LogP contribution in [0.3, 0.4) is 0 Å². The number of benzene rings is 1.